The molecule has 3 nitrogen and oxygen atoms in total. The van der Waals surface area contributed by atoms with E-state index in [9.17, 15) is 4.79 Å². The summed E-state index contributed by atoms with van der Waals surface area (Å²) in [4.78, 5) is 14.8. The van der Waals surface area contributed by atoms with Crippen molar-refractivity contribution in [1.29, 1.82) is 0 Å². The van der Waals surface area contributed by atoms with Crippen LogP contribution in [0.1, 0.15) is 52.4 Å². The SMILES string of the molecule is CN(CC1CCCC1)C(=O)C(C)(C)C1CCCNC1. The number of nitrogens with one attached hydrogen (secondary N) is 1. The molecule has 110 valence electrons. The normalized spacial score (nSPS) is 25.5. The van der Waals surface area contributed by atoms with Crippen LogP contribution in [0.2, 0.25) is 0 Å². The molecule has 1 saturated heterocycles. The molecule has 1 N–H and O–H groups in total. The molecule has 1 aliphatic carbocycles. The van der Waals surface area contributed by atoms with Gasteiger partial charge < -0.3 is 10.2 Å². The highest BCUT2D eigenvalue weighted by Gasteiger charge is 2.39. The maximum Gasteiger partial charge on any atom is 0.228 e. The number of hydrogen-bond donors (Lipinski definition) is 1. The van der Waals surface area contributed by atoms with Crippen LogP contribution in [0.15, 0.2) is 0 Å². The minimum absolute atomic E-state index is 0.221. The van der Waals surface area contributed by atoms with Crippen LogP contribution in [-0.4, -0.2) is 37.5 Å². The van der Waals surface area contributed by atoms with Gasteiger partial charge >= 0.3 is 0 Å². The molecule has 2 rings (SSSR count). The summed E-state index contributed by atoms with van der Waals surface area (Å²) in [7, 11) is 2.00. The molecule has 1 saturated carbocycles. The van der Waals surface area contributed by atoms with Crippen molar-refractivity contribution >= 4 is 5.91 Å². The number of amides is 1. The Morgan fingerprint density at radius 3 is 2.47 bits per heavy atom. The molecule has 1 heterocycles. The van der Waals surface area contributed by atoms with Crippen molar-refractivity contribution in [2.24, 2.45) is 17.3 Å². The first-order valence-corrected chi connectivity index (χ1v) is 7.98. The quantitative estimate of drug-likeness (QED) is 0.848. The largest absolute Gasteiger partial charge is 0.345 e. The van der Waals surface area contributed by atoms with Gasteiger partial charge in [-0.25, -0.2) is 0 Å². The lowest BCUT2D eigenvalue weighted by atomic mass is 9.74. The molecule has 1 aliphatic heterocycles. The third-order valence-electron chi connectivity index (χ3n) is 5.22. The van der Waals surface area contributed by atoms with E-state index in [1.807, 2.05) is 11.9 Å². The molecule has 0 bridgehead atoms. The molecule has 2 fully saturated rings. The van der Waals surface area contributed by atoms with Crippen molar-refractivity contribution in [3.05, 3.63) is 0 Å². The molecule has 1 atom stereocenters. The summed E-state index contributed by atoms with van der Waals surface area (Å²) in [5.41, 5.74) is -0.221. The van der Waals surface area contributed by atoms with Gasteiger partial charge in [0.25, 0.3) is 0 Å². The zero-order valence-electron chi connectivity index (χ0n) is 12.9. The number of nitrogens with zero attached hydrogens (tertiary/aromatic N) is 1. The third-order valence-corrected chi connectivity index (χ3v) is 5.22. The summed E-state index contributed by atoms with van der Waals surface area (Å²) in [5, 5.41) is 3.44. The van der Waals surface area contributed by atoms with Crippen LogP contribution in [0.5, 0.6) is 0 Å². The van der Waals surface area contributed by atoms with Gasteiger partial charge in [0.05, 0.1) is 0 Å². The Bertz CT molecular complexity index is 302. The van der Waals surface area contributed by atoms with Gasteiger partial charge in [-0.15, -0.1) is 0 Å². The van der Waals surface area contributed by atoms with E-state index in [1.165, 1.54) is 38.5 Å². The zero-order chi connectivity index (χ0) is 13.9. The van der Waals surface area contributed by atoms with Crippen LogP contribution in [0, 0.1) is 17.3 Å². The van der Waals surface area contributed by atoms with Gasteiger partial charge in [-0.2, -0.15) is 0 Å². The highest BCUT2D eigenvalue weighted by atomic mass is 16.2. The van der Waals surface area contributed by atoms with Crippen molar-refractivity contribution in [2.45, 2.75) is 52.4 Å². The molecule has 0 aromatic heterocycles. The molecule has 3 heteroatoms. The molecular weight excluding hydrogens is 236 g/mol. The highest BCUT2D eigenvalue weighted by molar-refractivity contribution is 5.82. The van der Waals surface area contributed by atoms with E-state index in [0.717, 1.165) is 25.6 Å². The van der Waals surface area contributed by atoms with Gasteiger partial charge in [-0.05, 0) is 50.6 Å². The lowest BCUT2D eigenvalue weighted by Crippen LogP contribution is -2.48. The van der Waals surface area contributed by atoms with Crippen molar-refractivity contribution in [1.82, 2.24) is 10.2 Å². The lowest BCUT2D eigenvalue weighted by molar-refractivity contribution is -0.143. The molecule has 0 aromatic carbocycles. The zero-order valence-corrected chi connectivity index (χ0v) is 12.9. The summed E-state index contributed by atoms with van der Waals surface area (Å²) in [6, 6.07) is 0. The molecule has 1 unspecified atom stereocenters. The number of carbonyl (C=O) groups is 1. The number of piperidine rings is 1. The van der Waals surface area contributed by atoms with Gasteiger partial charge in [0.1, 0.15) is 0 Å². The second-order valence-electron chi connectivity index (χ2n) is 7.10. The predicted molar refractivity (Wildman–Crippen MR) is 79.0 cm³/mol. The monoisotopic (exact) mass is 266 g/mol. The summed E-state index contributed by atoms with van der Waals surface area (Å²) < 4.78 is 0. The molecule has 0 radical (unpaired) electrons. The minimum Gasteiger partial charge on any atom is -0.345 e. The van der Waals surface area contributed by atoms with E-state index in [-0.39, 0.29) is 5.41 Å². The van der Waals surface area contributed by atoms with Crippen LogP contribution >= 0.6 is 0 Å². The maximum atomic E-state index is 12.7. The molecule has 2 aliphatic rings. The van der Waals surface area contributed by atoms with Crippen LogP contribution < -0.4 is 5.32 Å². The Morgan fingerprint density at radius 2 is 1.89 bits per heavy atom. The van der Waals surface area contributed by atoms with Crippen LogP contribution in [0.25, 0.3) is 0 Å². The Labute approximate surface area is 118 Å². The van der Waals surface area contributed by atoms with E-state index in [0.29, 0.717) is 11.8 Å². The first kappa shape index (κ1) is 14.8. The van der Waals surface area contributed by atoms with Gasteiger partial charge in [-0.1, -0.05) is 26.7 Å². The van der Waals surface area contributed by atoms with Crippen molar-refractivity contribution in [3.8, 4) is 0 Å². The van der Waals surface area contributed by atoms with Crippen LogP contribution in [0.4, 0.5) is 0 Å². The summed E-state index contributed by atoms with van der Waals surface area (Å²) in [6.07, 6.45) is 7.70. The van der Waals surface area contributed by atoms with E-state index >= 15 is 0 Å². The van der Waals surface area contributed by atoms with Gasteiger partial charge in [0.15, 0.2) is 0 Å². The lowest BCUT2D eigenvalue weighted by Gasteiger charge is -2.39. The van der Waals surface area contributed by atoms with Crippen molar-refractivity contribution in [3.63, 3.8) is 0 Å². The van der Waals surface area contributed by atoms with E-state index in [4.69, 9.17) is 0 Å². The standard InChI is InChI=1S/C16H30N2O/c1-16(2,14-9-6-10-17-11-14)15(19)18(3)12-13-7-4-5-8-13/h13-14,17H,4-12H2,1-3H3. The fourth-order valence-corrected chi connectivity index (χ4v) is 3.80. The van der Waals surface area contributed by atoms with Crippen LogP contribution in [0.3, 0.4) is 0 Å². The van der Waals surface area contributed by atoms with Gasteiger partial charge in [-0.3, -0.25) is 4.79 Å². The first-order chi connectivity index (χ1) is 9.01. The second-order valence-corrected chi connectivity index (χ2v) is 7.10. The number of carbonyl (C=O) groups excluding carboxylic acids is 1. The van der Waals surface area contributed by atoms with Crippen molar-refractivity contribution < 1.29 is 4.79 Å². The van der Waals surface area contributed by atoms with Crippen molar-refractivity contribution in [2.75, 3.05) is 26.7 Å². The van der Waals surface area contributed by atoms with E-state index in [1.54, 1.807) is 0 Å². The Morgan fingerprint density at radius 1 is 1.21 bits per heavy atom. The molecule has 0 aromatic rings. The van der Waals surface area contributed by atoms with E-state index < -0.39 is 0 Å². The smallest absolute Gasteiger partial charge is 0.228 e. The summed E-state index contributed by atoms with van der Waals surface area (Å²) >= 11 is 0. The highest BCUT2D eigenvalue weighted by Crippen LogP contribution is 2.34. The first-order valence-electron chi connectivity index (χ1n) is 7.98. The Hall–Kier alpha value is -0.570. The second kappa shape index (κ2) is 6.25. The molecular formula is C16H30N2O. The molecule has 19 heavy (non-hydrogen) atoms. The van der Waals surface area contributed by atoms with Crippen LogP contribution in [-0.2, 0) is 4.79 Å². The molecule has 0 spiro atoms. The number of rotatable bonds is 4. The topological polar surface area (TPSA) is 32.3 Å². The van der Waals surface area contributed by atoms with Gasteiger partial charge in [0.2, 0.25) is 5.91 Å². The summed E-state index contributed by atoms with van der Waals surface area (Å²) in [5.74, 6) is 1.57. The average molecular weight is 266 g/mol. The molecule has 1 amide bonds. The average Bonchev–Trinajstić information content (AvgIpc) is 2.91. The summed E-state index contributed by atoms with van der Waals surface area (Å²) in [6.45, 7) is 7.34. The Kier molecular flexibility index (Phi) is 4.88. The fraction of sp³-hybridized carbons (Fsp3) is 0.938. The van der Waals surface area contributed by atoms with E-state index in [2.05, 4.69) is 19.2 Å². The van der Waals surface area contributed by atoms with Gasteiger partial charge in [0, 0.05) is 19.0 Å². The fourth-order valence-electron chi connectivity index (χ4n) is 3.80. The predicted octanol–water partition coefficient (Wildman–Crippen LogP) is 2.66. The third kappa shape index (κ3) is 3.50. The minimum atomic E-state index is -0.221. The maximum absolute atomic E-state index is 12.7. The Balaban J connectivity index is 1.91. The number of hydrogen-bond acceptors (Lipinski definition) is 2.